The highest BCUT2D eigenvalue weighted by molar-refractivity contribution is 5.27. The van der Waals surface area contributed by atoms with Crippen LogP contribution >= 0.6 is 0 Å². The Morgan fingerprint density at radius 2 is 1.67 bits per heavy atom. The van der Waals surface area contributed by atoms with Crippen molar-refractivity contribution in [2.45, 2.75) is 119 Å². The molecule has 0 nitrogen and oxygen atoms in total. The maximum absolute atomic E-state index is 2.81. The molecule has 0 amide bonds. The highest BCUT2D eigenvalue weighted by atomic mass is 14.6. The molecule has 0 aliphatic heterocycles. The predicted molar refractivity (Wildman–Crippen MR) is 131 cm³/mol. The average molecular weight is 413 g/mol. The second-order valence-corrected chi connectivity index (χ2v) is 13.2. The Labute approximate surface area is 189 Å². The molecule has 0 radical (unpaired) electrons. The number of hydrogen-bond donors (Lipinski definition) is 0. The lowest BCUT2D eigenvalue weighted by Crippen LogP contribution is -2.50. The van der Waals surface area contributed by atoms with Crippen LogP contribution in [0.25, 0.3) is 0 Å². The quantitative estimate of drug-likeness (QED) is 0.381. The van der Waals surface area contributed by atoms with Crippen molar-refractivity contribution < 1.29 is 0 Å². The summed E-state index contributed by atoms with van der Waals surface area (Å²) in [6.45, 7) is 17.9. The third kappa shape index (κ3) is 3.65. The van der Waals surface area contributed by atoms with E-state index in [4.69, 9.17) is 0 Å². The van der Waals surface area contributed by atoms with Crippen LogP contribution in [0.1, 0.15) is 119 Å². The van der Waals surface area contributed by atoms with Gasteiger partial charge in [0.05, 0.1) is 0 Å². The third-order valence-electron chi connectivity index (χ3n) is 11.6. The Bertz CT molecular complexity index is 628. The fourth-order valence-electron chi connectivity index (χ4n) is 9.69. The minimum atomic E-state index is 0.588. The van der Waals surface area contributed by atoms with Gasteiger partial charge in [-0.15, -0.1) is 0 Å². The lowest BCUT2D eigenvalue weighted by Gasteiger charge is -2.58. The zero-order valence-electron chi connectivity index (χ0n) is 21.5. The van der Waals surface area contributed by atoms with Gasteiger partial charge in [-0.3, -0.25) is 0 Å². The highest BCUT2D eigenvalue weighted by Gasteiger charge is 2.58. The summed E-state index contributed by atoms with van der Waals surface area (Å²) < 4.78 is 0. The monoisotopic (exact) mass is 412 g/mol. The van der Waals surface area contributed by atoms with Gasteiger partial charge in [0, 0.05) is 0 Å². The van der Waals surface area contributed by atoms with Gasteiger partial charge in [-0.05, 0) is 103 Å². The SMILES string of the molecule is CC[C@H](CC[C@@H](C)[C@H]1CC[C@H]2C3=CCC4C(C)CCC[C@]4(C)[C@H]3CC[C@]12C)C(C)C. The van der Waals surface area contributed by atoms with E-state index < -0.39 is 0 Å². The maximum atomic E-state index is 2.81. The van der Waals surface area contributed by atoms with E-state index in [1.165, 1.54) is 70.6 Å². The number of allylic oxidation sites excluding steroid dienone is 2. The summed E-state index contributed by atoms with van der Waals surface area (Å²) in [5.74, 6) is 7.38. The minimum Gasteiger partial charge on any atom is -0.0844 e. The fraction of sp³-hybridized carbons (Fsp3) is 0.933. The normalized spacial score (nSPS) is 45.3. The largest absolute Gasteiger partial charge is 0.0844 e. The summed E-state index contributed by atoms with van der Waals surface area (Å²) in [4.78, 5) is 0. The third-order valence-corrected chi connectivity index (χ3v) is 11.6. The van der Waals surface area contributed by atoms with Crippen molar-refractivity contribution >= 4 is 0 Å². The van der Waals surface area contributed by atoms with Crippen LogP contribution < -0.4 is 0 Å². The Balaban J connectivity index is 1.50. The van der Waals surface area contributed by atoms with Crippen molar-refractivity contribution in [3.8, 4) is 0 Å². The van der Waals surface area contributed by atoms with Gasteiger partial charge in [0.25, 0.3) is 0 Å². The Morgan fingerprint density at radius 1 is 0.933 bits per heavy atom. The first kappa shape index (κ1) is 22.9. The predicted octanol–water partition coefficient (Wildman–Crippen LogP) is 9.30. The molecule has 30 heavy (non-hydrogen) atoms. The van der Waals surface area contributed by atoms with E-state index in [0.717, 1.165) is 47.3 Å². The second kappa shape index (κ2) is 8.59. The molecule has 0 aromatic heterocycles. The molecule has 9 atom stereocenters. The van der Waals surface area contributed by atoms with Crippen molar-refractivity contribution in [1.29, 1.82) is 0 Å². The molecule has 0 aromatic carbocycles. The molecule has 0 aromatic rings. The van der Waals surface area contributed by atoms with Crippen LogP contribution in [0.15, 0.2) is 11.6 Å². The van der Waals surface area contributed by atoms with Crippen molar-refractivity contribution in [3.05, 3.63) is 11.6 Å². The second-order valence-electron chi connectivity index (χ2n) is 13.2. The lowest BCUT2D eigenvalue weighted by molar-refractivity contribution is -0.0288. The first-order valence-corrected chi connectivity index (χ1v) is 13.9. The molecular formula is C30H52. The molecule has 0 spiro atoms. The van der Waals surface area contributed by atoms with Crippen LogP contribution in [0.3, 0.4) is 0 Å². The van der Waals surface area contributed by atoms with E-state index in [-0.39, 0.29) is 0 Å². The summed E-state index contributed by atoms with van der Waals surface area (Å²) in [5.41, 5.74) is 3.16. The summed E-state index contributed by atoms with van der Waals surface area (Å²) >= 11 is 0. The van der Waals surface area contributed by atoms with Gasteiger partial charge in [-0.1, -0.05) is 85.8 Å². The van der Waals surface area contributed by atoms with Crippen LogP contribution in [0.2, 0.25) is 0 Å². The molecule has 4 rings (SSSR count). The molecule has 3 saturated carbocycles. The van der Waals surface area contributed by atoms with Gasteiger partial charge >= 0.3 is 0 Å². The number of hydrogen-bond acceptors (Lipinski definition) is 0. The van der Waals surface area contributed by atoms with Crippen molar-refractivity contribution in [1.82, 2.24) is 0 Å². The van der Waals surface area contributed by atoms with E-state index in [9.17, 15) is 0 Å². The highest BCUT2D eigenvalue weighted by Crippen LogP contribution is 2.67. The summed E-state index contributed by atoms with van der Waals surface area (Å²) in [6.07, 6.45) is 18.9. The molecule has 3 fully saturated rings. The molecule has 4 aliphatic rings. The minimum absolute atomic E-state index is 0.588. The molecule has 172 valence electrons. The summed E-state index contributed by atoms with van der Waals surface area (Å²) in [5, 5.41) is 0. The van der Waals surface area contributed by atoms with Gasteiger partial charge < -0.3 is 0 Å². The van der Waals surface area contributed by atoms with Crippen molar-refractivity contribution in [3.63, 3.8) is 0 Å². The van der Waals surface area contributed by atoms with Crippen molar-refractivity contribution in [2.75, 3.05) is 0 Å². The molecule has 0 saturated heterocycles. The van der Waals surface area contributed by atoms with Gasteiger partial charge in [0.2, 0.25) is 0 Å². The summed E-state index contributed by atoms with van der Waals surface area (Å²) in [6, 6.07) is 0. The van der Waals surface area contributed by atoms with Gasteiger partial charge in [0.15, 0.2) is 0 Å². The van der Waals surface area contributed by atoms with E-state index in [0.29, 0.717) is 10.8 Å². The van der Waals surface area contributed by atoms with E-state index in [1.54, 1.807) is 0 Å². The van der Waals surface area contributed by atoms with Crippen LogP contribution in [0.5, 0.6) is 0 Å². The smallest absolute Gasteiger partial charge is 0.0143 e. The Kier molecular flexibility index (Phi) is 6.56. The molecule has 0 heteroatoms. The van der Waals surface area contributed by atoms with Gasteiger partial charge in [0.1, 0.15) is 0 Å². The van der Waals surface area contributed by atoms with E-state index in [1.807, 2.05) is 5.57 Å². The van der Waals surface area contributed by atoms with E-state index in [2.05, 4.69) is 54.5 Å². The summed E-state index contributed by atoms with van der Waals surface area (Å²) in [7, 11) is 0. The average Bonchev–Trinajstić information content (AvgIpc) is 3.05. The van der Waals surface area contributed by atoms with Gasteiger partial charge in [-0.2, -0.15) is 0 Å². The molecule has 2 unspecified atom stereocenters. The molecule has 0 bridgehead atoms. The topological polar surface area (TPSA) is 0 Å². The van der Waals surface area contributed by atoms with Crippen LogP contribution in [-0.4, -0.2) is 0 Å². The lowest BCUT2D eigenvalue weighted by atomic mass is 9.46. The number of fused-ring (bicyclic) bond motifs is 5. The standard InChI is InChI=1S/C30H52/c1-8-23(20(2)3)12-11-22(5)26-15-16-27-24-13-14-25-21(4)10-9-18-29(25,6)28(24)17-19-30(26,27)7/h13,20-23,25-28H,8-12,14-19H2,1-7H3/t21?,22-,23-,25?,26-,27+,28+,29+,30-/m1/s1. The van der Waals surface area contributed by atoms with E-state index >= 15 is 0 Å². The van der Waals surface area contributed by atoms with Crippen LogP contribution in [-0.2, 0) is 0 Å². The maximum Gasteiger partial charge on any atom is -0.0143 e. The number of rotatable bonds is 6. The van der Waals surface area contributed by atoms with Crippen LogP contribution in [0.4, 0.5) is 0 Å². The molecular weight excluding hydrogens is 360 g/mol. The Morgan fingerprint density at radius 3 is 2.37 bits per heavy atom. The molecule has 0 heterocycles. The first-order chi connectivity index (χ1) is 14.2. The Hall–Kier alpha value is -0.260. The first-order valence-electron chi connectivity index (χ1n) is 13.9. The van der Waals surface area contributed by atoms with Gasteiger partial charge in [-0.25, -0.2) is 0 Å². The molecule has 0 N–H and O–H groups in total. The van der Waals surface area contributed by atoms with Crippen LogP contribution in [0, 0.1) is 58.2 Å². The zero-order valence-corrected chi connectivity index (χ0v) is 21.5. The zero-order chi connectivity index (χ0) is 21.7. The fourth-order valence-corrected chi connectivity index (χ4v) is 9.69. The molecule has 4 aliphatic carbocycles. The van der Waals surface area contributed by atoms with Crippen molar-refractivity contribution in [2.24, 2.45) is 58.2 Å².